The molecule has 1 aromatic carbocycles. The number of anilines is 1. The Morgan fingerprint density at radius 2 is 2.18 bits per heavy atom. The van der Waals surface area contributed by atoms with E-state index in [1.807, 2.05) is 0 Å². The van der Waals surface area contributed by atoms with Crippen LogP contribution in [0.15, 0.2) is 18.2 Å². The van der Waals surface area contributed by atoms with Crippen LogP contribution in [0.1, 0.15) is 6.92 Å². The van der Waals surface area contributed by atoms with Gasteiger partial charge in [0.1, 0.15) is 11.9 Å². The Morgan fingerprint density at radius 1 is 1.53 bits per heavy atom. The van der Waals surface area contributed by atoms with Crippen LogP contribution in [0.2, 0.25) is 5.02 Å². The molecule has 0 aliphatic heterocycles. The van der Waals surface area contributed by atoms with Gasteiger partial charge in [-0.25, -0.2) is 0 Å². The average molecular weight is 266 g/mol. The van der Waals surface area contributed by atoms with Gasteiger partial charge in [0.15, 0.2) is 0 Å². The molecular formula is C10H10ClF2NO3. The molecule has 0 aliphatic rings. The third kappa shape index (κ3) is 4.16. The number of amides is 1. The Balaban J connectivity index is 2.85. The summed E-state index contributed by atoms with van der Waals surface area (Å²) >= 11 is 5.62. The normalized spacial score (nSPS) is 12.4. The smallest absolute Gasteiger partial charge is 0.387 e. The molecule has 0 unspecified atom stereocenters. The van der Waals surface area contributed by atoms with Gasteiger partial charge in [0.05, 0.1) is 5.02 Å². The maximum atomic E-state index is 12.0. The lowest BCUT2D eigenvalue weighted by atomic mass is 10.3. The molecule has 2 N–H and O–H groups in total. The highest BCUT2D eigenvalue weighted by molar-refractivity contribution is 6.32. The van der Waals surface area contributed by atoms with Crippen molar-refractivity contribution >= 4 is 23.2 Å². The van der Waals surface area contributed by atoms with Gasteiger partial charge in [0.2, 0.25) is 0 Å². The number of ether oxygens (including phenoxy) is 1. The Labute approximate surface area is 101 Å². The summed E-state index contributed by atoms with van der Waals surface area (Å²) < 4.78 is 28.2. The van der Waals surface area contributed by atoms with Crippen LogP contribution >= 0.6 is 11.6 Å². The van der Waals surface area contributed by atoms with Crippen LogP contribution in [0.3, 0.4) is 0 Å². The van der Waals surface area contributed by atoms with E-state index >= 15 is 0 Å². The Hall–Kier alpha value is -1.40. The maximum absolute atomic E-state index is 12.0. The molecule has 7 heteroatoms. The summed E-state index contributed by atoms with van der Waals surface area (Å²) in [5.74, 6) is -0.902. The lowest BCUT2D eigenvalue weighted by molar-refractivity contribution is -0.123. The van der Waals surface area contributed by atoms with Crippen molar-refractivity contribution in [3.63, 3.8) is 0 Å². The summed E-state index contributed by atoms with van der Waals surface area (Å²) in [4.78, 5) is 11.1. The summed E-state index contributed by atoms with van der Waals surface area (Å²) in [7, 11) is 0. The van der Waals surface area contributed by atoms with Gasteiger partial charge in [-0.2, -0.15) is 8.78 Å². The first-order valence-corrected chi connectivity index (χ1v) is 5.01. The van der Waals surface area contributed by atoms with Crippen LogP contribution in [-0.2, 0) is 4.79 Å². The zero-order valence-corrected chi connectivity index (χ0v) is 9.54. The van der Waals surface area contributed by atoms with Crippen LogP contribution < -0.4 is 10.1 Å². The van der Waals surface area contributed by atoms with Gasteiger partial charge in [-0.3, -0.25) is 4.79 Å². The second-order valence-corrected chi connectivity index (χ2v) is 3.60. The lowest BCUT2D eigenvalue weighted by Gasteiger charge is -2.10. The summed E-state index contributed by atoms with van der Waals surface area (Å²) in [5.41, 5.74) is 0.205. The van der Waals surface area contributed by atoms with Crippen LogP contribution in [0.5, 0.6) is 5.75 Å². The number of aliphatic hydroxyl groups is 1. The monoisotopic (exact) mass is 265 g/mol. The van der Waals surface area contributed by atoms with Crippen molar-refractivity contribution in [2.45, 2.75) is 19.6 Å². The van der Waals surface area contributed by atoms with Crippen molar-refractivity contribution in [1.29, 1.82) is 0 Å². The topological polar surface area (TPSA) is 58.6 Å². The number of hydrogen-bond donors (Lipinski definition) is 2. The van der Waals surface area contributed by atoms with Gasteiger partial charge in [-0.05, 0) is 19.1 Å². The van der Waals surface area contributed by atoms with E-state index in [-0.39, 0.29) is 16.5 Å². The molecular weight excluding hydrogens is 256 g/mol. The van der Waals surface area contributed by atoms with Gasteiger partial charge in [0, 0.05) is 11.8 Å². The number of benzene rings is 1. The number of halogens is 3. The first-order chi connectivity index (χ1) is 7.90. The second kappa shape index (κ2) is 5.79. The molecule has 0 aliphatic carbocycles. The first-order valence-electron chi connectivity index (χ1n) is 4.63. The minimum Gasteiger partial charge on any atom is -0.433 e. The van der Waals surface area contributed by atoms with E-state index in [2.05, 4.69) is 10.1 Å². The molecule has 0 saturated carbocycles. The van der Waals surface area contributed by atoms with Gasteiger partial charge >= 0.3 is 6.61 Å². The van der Waals surface area contributed by atoms with E-state index in [9.17, 15) is 13.6 Å². The number of alkyl halides is 2. The predicted octanol–water partition coefficient (Wildman–Crippen LogP) is 2.26. The SMILES string of the molecule is C[C@@H](O)C(=O)Nc1ccc(Cl)c(OC(F)F)c1. The minimum atomic E-state index is -3.00. The number of aliphatic hydroxyl groups excluding tert-OH is 1. The molecule has 17 heavy (non-hydrogen) atoms. The lowest BCUT2D eigenvalue weighted by Crippen LogP contribution is -2.24. The van der Waals surface area contributed by atoms with Crippen molar-refractivity contribution < 1.29 is 23.4 Å². The summed E-state index contributed by atoms with van der Waals surface area (Å²) in [6, 6.07) is 3.85. The fraction of sp³-hybridized carbons (Fsp3) is 0.300. The number of hydrogen-bond acceptors (Lipinski definition) is 3. The van der Waals surface area contributed by atoms with Gasteiger partial charge < -0.3 is 15.2 Å². The van der Waals surface area contributed by atoms with E-state index in [4.69, 9.17) is 16.7 Å². The second-order valence-electron chi connectivity index (χ2n) is 3.19. The highest BCUT2D eigenvalue weighted by atomic mass is 35.5. The van der Waals surface area contributed by atoms with E-state index in [0.717, 1.165) is 6.07 Å². The summed E-state index contributed by atoms with van der Waals surface area (Å²) in [6.45, 7) is -1.72. The van der Waals surface area contributed by atoms with Gasteiger partial charge in [-0.15, -0.1) is 0 Å². The zero-order chi connectivity index (χ0) is 13.0. The van der Waals surface area contributed by atoms with Crippen molar-refractivity contribution in [3.8, 4) is 5.75 Å². The van der Waals surface area contributed by atoms with Crippen molar-refractivity contribution in [2.24, 2.45) is 0 Å². The Bertz CT molecular complexity index is 413. The predicted molar refractivity (Wildman–Crippen MR) is 58.4 cm³/mol. The third-order valence-electron chi connectivity index (χ3n) is 1.79. The number of carbonyl (C=O) groups is 1. The van der Waals surface area contributed by atoms with E-state index in [1.165, 1.54) is 19.1 Å². The maximum Gasteiger partial charge on any atom is 0.387 e. The van der Waals surface area contributed by atoms with Crippen molar-refractivity contribution in [3.05, 3.63) is 23.2 Å². The van der Waals surface area contributed by atoms with Crippen LogP contribution in [0.25, 0.3) is 0 Å². The highest BCUT2D eigenvalue weighted by Crippen LogP contribution is 2.29. The van der Waals surface area contributed by atoms with E-state index in [1.54, 1.807) is 0 Å². The molecule has 0 fully saturated rings. The van der Waals surface area contributed by atoms with Crippen molar-refractivity contribution in [1.82, 2.24) is 0 Å². The van der Waals surface area contributed by atoms with Gasteiger partial charge in [-0.1, -0.05) is 11.6 Å². The molecule has 0 aromatic heterocycles. The molecule has 1 amide bonds. The number of rotatable bonds is 4. The fourth-order valence-electron chi connectivity index (χ4n) is 1.01. The molecule has 0 spiro atoms. The molecule has 4 nitrogen and oxygen atoms in total. The molecule has 0 bridgehead atoms. The first kappa shape index (κ1) is 13.7. The Kier molecular flexibility index (Phi) is 4.65. The summed E-state index contributed by atoms with van der Waals surface area (Å²) in [5, 5.41) is 11.3. The minimum absolute atomic E-state index is 0.000320. The molecule has 1 atom stereocenters. The van der Waals surface area contributed by atoms with Gasteiger partial charge in [0.25, 0.3) is 5.91 Å². The number of nitrogens with one attached hydrogen (secondary N) is 1. The molecule has 1 aromatic rings. The highest BCUT2D eigenvalue weighted by Gasteiger charge is 2.12. The fourth-order valence-corrected chi connectivity index (χ4v) is 1.18. The zero-order valence-electron chi connectivity index (χ0n) is 8.78. The van der Waals surface area contributed by atoms with E-state index in [0.29, 0.717) is 0 Å². The van der Waals surface area contributed by atoms with E-state index < -0.39 is 18.6 Å². The van der Waals surface area contributed by atoms with Crippen LogP contribution in [-0.4, -0.2) is 23.7 Å². The average Bonchev–Trinajstić information content (AvgIpc) is 2.22. The molecule has 94 valence electrons. The molecule has 1 rings (SSSR count). The van der Waals surface area contributed by atoms with Crippen LogP contribution in [0, 0.1) is 0 Å². The standard InChI is InChI=1S/C10H10ClF2NO3/c1-5(15)9(16)14-6-2-3-7(11)8(4-6)17-10(12)13/h2-5,10,15H,1H3,(H,14,16)/t5-/m1/s1. The third-order valence-corrected chi connectivity index (χ3v) is 2.11. The van der Waals surface area contributed by atoms with Crippen molar-refractivity contribution in [2.75, 3.05) is 5.32 Å². The molecule has 0 radical (unpaired) electrons. The largest absolute Gasteiger partial charge is 0.433 e. The van der Waals surface area contributed by atoms with Crippen LogP contribution in [0.4, 0.5) is 14.5 Å². The Morgan fingerprint density at radius 3 is 2.71 bits per heavy atom. The summed E-state index contributed by atoms with van der Waals surface area (Å²) in [6.07, 6.45) is -1.20. The number of carbonyl (C=O) groups excluding carboxylic acids is 1. The molecule has 0 heterocycles. The quantitative estimate of drug-likeness (QED) is 0.878. The molecule has 0 saturated heterocycles.